The minimum Gasteiger partial charge on any atom is -0.381 e. The molecule has 1 nitrogen and oxygen atoms in total. The molecule has 0 bridgehead atoms. The number of rotatable bonds is 3. The fourth-order valence-corrected chi connectivity index (χ4v) is 4.13. The number of hydrogen-bond donors (Lipinski definition) is 1. The van der Waals surface area contributed by atoms with Gasteiger partial charge in [-0.05, 0) is 83.8 Å². The maximum Gasteiger partial charge on any atom is 0.0516 e. The van der Waals surface area contributed by atoms with Gasteiger partial charge < -0.3 is 5.32 Å². The van der Waals surface area contributed by atoms with Gasteiger partial charge in [-0.15, -0.1) is 0 Å². The van der Waals surface area contributed by atoms with Crippen molar-refractivity contribution >= 4 is 21.6 Å². The SMILES string of the molecule is Cc1cc(C)c(NC2CC(c3ccccc3C)C2)c(Br)c1. The Morgan fingerprint density at radius 2 is 1.71 bits per heavy atom. The molecule has 1 saturated carbocycles. The molecule has 0 aliphatic heterocycles. The first kappa shape index (κ1) is 14.6. The van der Waals surface area contributed by atoms with Crippen molar-refractivity contribution in [1.29, 1.82) is 0 Å². The summed E-state index contributed by atoms with van der Waals surface area (Å²) in [5.41, 5.74) is 6.83. The zero-order valence-electron chi connectivity index (χ0n) is 12.9. The highest BCUT2D eigenvalue weighted by atomic mass is 79.9. The molecule has 0 unspecified atom stereocenters. The van der Waals surface area contributed by atoms with Crippen LogP contribution in [0.4, 0.5) is 5.69 Å². The van der Waals surface area contributed by atoms with E-state index in [0.717, 1.165) is 0 Å². The number of nitrogens with one attached hydrogen (secondary N) is 1. The van der Waals surface area contributed by atoms with Gasteiger partial charge in [0.05, 0.1) is 5.69 Å². The molecule has 21 heavy (non-hydrogen) atoms. The minimum absolute atomic E-state index is 0.590. The summed E-state index contributed by atoms with van der Waals surface area (Å²) in [4.78, 5) is 0. The summed E-state index contributed by atoms with van der Waals surface area (Å²) in [6.07, 6.45) is 2.45. The van der Waals surface area contributed by atoms with Gasteiger partial charge in [0, 0.05) is 10.5 Å². The monoisotopic (exact) mass is 343 g/mol. The van der Waals surface area contributed by atoms with Crippen LogP contribution in [-0.4, -0.2) is 6.04 Å². The highest BCUT2D eigenvalue weighted by Gasteiger charge is 2.31. The van der Waals surface area contributed by atoms with Crippen LogP contribution < -0.4 is 5.32 Å². The van der Waals surface area contributed by atoms with Crippen molar-refractivity contribution in [3.8, 4) is 0 Å². The van der Waals surface area contributed by atoms with Gasteiger partial charge in [-0.25, -0.2) is 0 Å². The molecule has 2 heteroatoms. The van der Waals surface area contributed by atoms with Gasteiger partial charge in [-0.1, -0.05) is 30.3 Å². The Hall–Kier alpha value is -1.28. The lowest BCUT2D eigenvalue weighted by molar-refractivity contribution is 0.373. The molecule has 1 aliphatic rings. The zero-order valence-corrected chi connectivity index (χ0v) is 14.5. The van der Waals surface area contributed by atoms with E-state index in [1.165, 1.54) is 45.3 Å². The molecule has 1 fully saturated rings. The molecule has 0 aromatic heterocycles. The van der Waals surface area contributed by atoms with Crippen molar-refractivity contribution in [2.75, 3.05) is 5.32 Å². The van der Waals surface area contributed by atoms with Crippen molar-refractivity contribution in [1.82, 2.24) is 0 Å². The predicted octanol–water partition coefficient (Wildman–Crippen LogP) is 5.73. The van der Waals surface area contributed by atoms with Crippen LogP contribution in [0.2, 0.25) is 0 Å². The second-order valence-corrected chi connectivity index (χ2v) is 7.16. The zero-order chi connectivity index (χ0) is 15.0. The largest absolute Gasteiger partial charge is 0.381 e. The first-order valence-electron chi connectivity index (χ1n) is 7.63. The summed E-state index contributed by atoms with van der Waals surface area (Å²) >= 11 is 3.69. The number of aryl methyl sites for hydroxylation is 3. The van der Waals surface area contributed by atoms with E-state index in [4.69, 9.17) is 0 Å². The lowest BCUT2D eigenvalue weighted by Gasteiger charge is -2.38. The first-order valence-corrected chi connectivity index (χ1v) is 8.42. The quantitative estimate of drug-likeness (QED) is 0.749. The summed E-state index contributed by atoms with van der Waals surface area (Å²) in [6, 6.07) is 13.8. The third kappa shape index (κ3) is 3.01. The molecule has 0 heterocycles. The van der Waals surface area contributed by atoms with Gasteiger partial charge in [0.15, 0.2) is 0 Å². The van der Waals surface area contributed by atoms with Crippen molar-refractivity contribution in [2.24, 2.45) is 0 Å². The third-order valence-corrected chi connectivity index (χ3v) is 5.17. The molecular formula is C19H22BrN. The molecule has 0 radical (unpaired) electrons. The summed E-state index contributed by atoms with van der Waals surface area (Å²) < 4.78 is 1.18. The Morgan fingerprint density at radius 1 is 1.00 bits per heavy atom. The van der Waals surface area contributed by atoms with E-state index in [0.29, 0.717) is 12.0 Å². The summed E-state index contributed by atoms with van der Waals surface area (Å²) in [5, 5.41) is 3.71. The van der Waals surface area contributed by atoms with Crippen LogP contribution in [0.15, 0.2) is 40.9 Å². The molecular weight excluding hydrogens is 322 g/mol. The number of halogens is 1. The number of benzene rings is 2. The maximum absolute atomic E-state index is 3.71. The Bertz CT molecular complexity index is 633. The second kappa shape index (κ2) is 5.84. The fourth-order valence-electron chi connectivity index (χ4n) is 3.34. The standard InChI is InChI=1S/C19H22BrN/c1-12-8-14(3)19(18(20)9-12)21-16-10-15(11-16)17-7-5-4-6-13(17)2/h4-9,15-16,21H,10-11H2,1-3H3. The molecule has 0 atom stereocenters. The van der Waals surface area contributed by atoms with E-state index in [1.54, 1.807) is 0 Å². The Balaban J connectivity index is 1.67. The van der Waals surface area contributed by atoms with Crippen LogP contribution in [0.25, 0.3) is 0 Å². The van der Waals surface area contributed by atoms with E-state index >= 15 is 0 Å². The molecule has 2 aromatic carbocycles. The average Bonchev–Trinajstić information content (AvgIpc) is 2.37. The van der Waals surface area contributed by atoms with E-state index in [1.807, 2.05) is 0 Å². The van der Waals surface area contributed by atoms with E-state index in [-0.39, 0.29) is 0 Å². The normalized spacial score (nSPS) is 21.0. The van der Waals surface area contributed by atoms with Crippen LogP contribution in [0.1, 0.15) is 41.0 Å². The van der Waals surface area contributed by atoms with Gasteiger partial charge in [-0.3, -0.25) is 0 Å². The van der Waals surface area contributed by atoms with Crippen LogP contribution >= 0.6 is 15.9 Å². The first-order chi connectivity index (χ1) is 10.0. The smallest absolute Gasteiger partial charge is 0.0516 e. The molecule has 110 valence electrons. The van der Waals surface area contributed by atoms with Gasteiger partial charge in [0.1, 0.15) is 0 Å². The summed E-state index contributed by atoms with van der Waals surface area (Å²) in [5.74, 6) is 0.716. The molecule has 0 spiro atoms. The Morgan fingerprint density at radius 3 is 2.38 bits per heavy atom. The van der Waals surface area contributed by atoms with E-state index < -0.39 is 0 Å². The third-order valence-electron chi connectivity index (χ3n) is 4.55. The van der Waals surface area contributed by atoms with Crippen molar-refractivity contribution in [2.45, 2.75) is 45.6 Å². The second-order valence-electron chi connectivity index (χ2n) is 6.30. The van der Waals surface area contributed by atoms with Gasteiger partial charge in [0.2, 0.25) is 0 Å². The molecule has 0 saturated heterocycles. The highest BCUT2D eigenvalue weighted by molar-refractivity contribution is 9.10. The Labute approximate surface area is 135 Å². The highest BCUT2D eigenvalue weighted by Crippen LogP contribution is 2.41. The number of anilines is 1. The van der Waals surface area contributed by atoms with Gasteiger partial charge in [0.25, 0.3) is 0 Å². The Kier molecular flexibility index (Phi) is 4.08. The maximum atomic E-state index is 3.71. The minimum atomic E-state index is 0.590. The van der Waals surface area contributed by atoms with Crippen LogP contribution in [0.3, 0.4) is 0 Å². The molecule has 0 amide bonds. The summed E-state index contributed by atoms with van der Waals surface area (Å²) in [7, 11) is 0. The van der Waals surface area contributed by atoms with Crippen LogP contribution in [-0.2, 0) is 0 Å². The van der Waals surface area contributed by atoms with Gasteiger partial charge in [-0.2, -0.15) is 0 Å². The predicted molar refractivity (Wildman–Crippen MR) is 94.2 cm³/mol. The van der Waals surface area contributed by atoms with Crippen molar-refractivity contribution in [3.63, 3.8) is 0 Å². The number of hydrogen-bond acceptors (Lipinski definition) is 1. The van der Waals surface area contributed by atoms with Gasteiger partial charge >= 0.3 is 0 Å². The average molecular weight is 344 g/mol. The topological polar surface area (TPSA) is 12.0 Å². The molecule has 3 rings (SSSR count). The lowest BCUT2D eigenvalue weighted by Crippen LogP contribution is -2.34. The lowest BCUT2D eigenvalue weighted by atomic mass is 9.74. The summed E-state index contributed by atoms with van der Waals surface area (Å²) in [6.45, 7) is 6.54. The fraction of sp³-hybridized carbons (Fsp3) is 0.368. The van der Waals surface area contributed by atoms with Crippen LogP contribution in [0, 0.1) is 20.8 Å². The molecule has 1 N–H and O–H groups in total. The van der Waals surface area contributed by atoms with E-state index in [9.17, 15) is 0 Å². The van der Waals surface area contributed by atoms with E-state index in [2.05, 4.69) is 78.4 Å². The van der Waals surface area contributed by atoms with Crippen LogP contribution in [0.5, 0.6) is 0 Å². The molecule has 2 aromatic rings. The van der Waals surface area contributed by atoms with Crippen molar-refractivity contribution < 1.29 is 0 Å². The molecule has 1 aliphatic carbocycles. The van der Waals surface area contributed by atoms with Crippen molar-refractivity contribution in [3.05, 3.63) is 63.1 Å².